The minimum atomic E-state index is -0.732. The molecule has 32 heavy (non-hydrogen) atoms. The Balaban J connectivity index is 1.31. The van der Waals surface area contributed by atoms with Crippen LogP contribution in [0.1, 0.15) is 17.5 Å². The van der Waals surface area contributed by atoms with E-state index >= 15 is 0 Å². The molecule has 2 aliphatic rings. The third-order valence-corrected chi connectivity index (χ3v) is 6.16. The number of rotatable bonds is 6. The summed E-state index contributed by atoms with van der Waals surface area (Å²) in [6.07, 6.45) is 0.358. The van der Waals surface area contributed by atoms with Crippen LogP contribution in [0.4, 0.5) is 10.5 Å². The zero-order valence-corrected chi connectivity index (χ0v) is 18.4. The van der Waals surface area contributed by atoms with Gasteiger partial charge in [-0.3, -0.25) is 9.59 Å². The van der Waals surface area contributed by atoms with Crippen molar-refractivity contribution in [3.05, 3.63) is 64.7 Å². The van der Waals surface area contributed by atoms with E-state index in [-0.39, 0.29) is 31.0 Å². The molecule has 168 valence electrons. The number of nitrogens with one attached hydrogen (secondary N) is 3. The Bertz CT molecular complexity index is 1020. The summed E-state index contributed by atoms with van der Waals surface area (Å²) in [6.45, 7) is 2.54. The largest absolute Gasteiger partial charge is 0.374 e. The van der Waals surface area contributed by atoms with Gasteiger partial charge in [0.05, 0.1) is 19.3 Å². The molecule has 8 nitrogen and oxygen atoms in total. The lowest BCUT2D eigenvalue weighted by Crippen LogP contribution is -2.62. The van der Waals surface area contributed by atoms with Gasteiger partial charge in [-0.25, -0.2) is 4.79 Å². The number of halogens is 1. The van der Waals surface area contributed by atoms with Crippen molar-refractivity contribution >= 4 is 35.1 Å². The molecule has 3 N–H and O–H groups in total. The molecule has 0 unspecified atom stereocenters. The summed E-state index contributed by atoms with van der Waals surface area (Å²) in [5, 5.41) is 8.94. The first kappa shape index (κ1) is 22.1. The quantitative estimate of drug-likeness (QED) is 0.621. The summed E-state index contributed by atoms with van der Waals surface area (Å²) in [5.41, 5.74) is 2.36. The molecule has 0 spiro atoms. The Hall–Kier alpha value is -3.10. The molecule has 2 aliphatic heterocycles. The van der Waals surface area contributed by atoms with Crippen LogP contribution in [0.3, 0.4) is 0 Å². The molecule has 2 saturated heterocycles. The lowest BCUT2D eigenvalue weighted by molar-refractivity contribution is -0.148. The Morgan fingerprint density at radius 1 is 1.19 bits per heavy atom. The van der Waals surface area contributed by atoms with E-state index in [1.54, 1.807) is 18.2 Å². The Labute approximate surface area is 191 Å². The minimum absolute atomic E-state index is 0.0926. The summed E-state index contributed by atoms with van der Waals surface area (Å²) in [5.74, 6) is -0.425. The summed E-state index contributed by atoms with van der Waals surface area (Å²) < 4.78 is 5.65. The van der Waals surface area contributed by atoms with Crippen molar-refractivity contribution in [2.45, 2.75) is 38.1 Å². The van der Waals surface area contributed by atoms with Gasteiger partial charge >= 0.3 is 6.03 Å². The molecule has 4 rings (SSSR count). The van der Waals surface area contributed by atoms with E-state index in [0.717, 1.165) is 11.1 Å². The van der Waals surface area contributed by atoms with Crippen LogP contribution in [-0.2, 0) is 20.9 Å². The first-order valence-electron chi connectivity index (χ1n) is 10.5. The topological polar surface area (TPSA) is 99.8 Å². The second-order valence-corrected chi connectivity index (χ2v) is 8.42. The molecular weight excluding hydrogens is 432 g/mol. The maximum absolute atomic E-state index is 12.9. The maximum atomic E-state index is 12.9. The van der Waals surface area contributed by atoms with E-state index in [1.807, 2.05) is 37.3 Å². The highest BCUT2D eigenvalue weighted by Crippen LogP contribution is 2.25. The number of anilines is 1. The van der Waals surface area contributed by atoms with E-state index in [9.17, 15) is 14.4 Å². The number of carbonyl (C=O) groups excluding carboxylic acids is 3. The fourth-order valence-corrected chi connectivity index (χ4v) is 4.21. The monoisotopic (exact) mass is 456 g/mol. The molecule has 0 aromatic heterocycles. The fourth-order valence-electron chi connectivity index (χ4n) is 4.03. The molecule has 0 aliphatic carbocycles. The number of amides is 4. The molecule has 0 radical (unpaired) electrons. The van der Waals surface area contributed by atoms with Crippen molar-refractivity contribution in [3.63, 3.8) is 0 Å². The van der Waals surface area contributed by atoms with Crippen LogP contribution in [0.5, 0.6) is 0 Å². The molecule has 0 saturated carbocycles. The van der Waals surface area contributed by atoms with E-state index in [0.29, 0.717) is 23.7 Å². The molecule has 2 heterocycles. The smallest absolute Gasteiger partial charge is 0.319 e. The van der Waals surface area contributed by atoms with Crippen molar-refractivity contribution in [3.8, 4) is 0 Å². The highest BCUT2D eigenvalue weighted by molar-refractivity contribution is 6.31. The normalized spacial score (nSPS) is 22.3. The van der Waals surface area contributed by atoms with Crippen LogP contribution in [0.2, 0.25) is 5.02 Å². The molecule has 3 atom stereocenters. The molecule has 4 amide bonds. The standard InChI is InChI=1S/C23H25ClN4O4/c1-14-17(24)8-5-9-18(14)27-23(31)25-16-10-20-21(29)26-19(22(30)28(20)11-16)13-32-12-15-6-3-2-4-7-15/h2-9,16,19-20H,10-13H2,1H3,(H,26,29)(H2,25,27,31)/t16-,19-,20-/m0/s1. The van der Waals surface area contributed by atoms with Gasteiger partial charge in [-0.15, -0.1) is 0 Å². The number of hydrogen-bond acceptors (Lipinski definition) is 4. The lowest BCUT2D eigenvalue weighted by Gasteiger charge is -2.34. The van der Waals surface area contributed by atoms with Crippen LogP contribution in [0, 0.1) is 6.92 Å². The van der Waals surface area contributed by atoms with Crippen molar-refractivity contribution in [2.24, 2.45) is 0 Å². The Morgan fingerprint density at radius 2 is 1.97 bits per heavy atom. The van der Waals surface area contributed by atoms with Crippen molar-refractivity contribution in [1.29, 1.82) is 0 Å². The number of nitrogens with zero attached hydrogens (tertiary/aromatic N) is 1. The van der Waals surface area contributed by atoms with Gasteiger partial charge in [0.15, 0.2) is 0 Å². The highest BCUT2D eigenvalue weighted by atomic mass is 35.5. The number of hydrogen-bond donors (Lipinski definition) is 3. The van der Waals surface area contributed by atoms with Gasteiger partial charge in [-0.2, -0.15) is 0 Å². The van der Waals surface area contributed by atoms with Crippen molar-refractivity contribution in [1.82, 2.24) is 15.5 Å². The first-order chi connectivity index (χ1) is 15.4. The van der Waals surface area contributed by atoms with Crippen LogP contribution in [0.25, 0.3) is 0 Å². The molecule has 0 bridgehead atoms. The van der Waals surface area contributed by atoms with Crippen molar-refractivity contribution in [2.75, 3.05) is 18.5 Å². The van der Waals surface area contributed by atoms with Gasteiger partial charge in [0.2, 0.25) is 11.8 Å². The Kier molecular flexibility index (Phi) is 6.62. The maximum Gasteiger partial charge on any atom is 0.319 e. The number of benzene rings is 2. The van der Waals surface area contributed by atoms with Gasteiger partial charge in [0.25, 0.3) is 0 Å². The number of piperazine rings is 1. The summed E-state index contributed by atoms with van der Waals surface area (Å²) in [6, 6.07) is 12.8. The first-order valence-corrected chi connectivity index (χ1v) is 10.9. The van der Waals surface area contributed by atoms with Gasteiger partial charge in [0, 0.05) is 17.3 Å². The van der Waals surface area contributed by atoms with Gasteiger partial charge in [-0.05, 0) is 36.6 Å². The van der Waals surface area contributed by atoms with Gasteiger partial charge in [0.1, 0.15) is 12.1 Å². The second-order valence-electron chi connectivity index (χ2n) is 8.01. The third kappa shape index (κ3) is 4.87. The number of urea groups is 1. The Morgan fingerprint density at radius 3 is 2.75 bits per heavy atom. The zero-order valence-electron chi connectivity index (χ0n) is 17.6. The van der Waals surface area contributed by atoms with Gasteiger partial charge in [-0.1, -0.05) is 48.0 Å². The van der Waals surface area contributed by atoms with Crippen LogP contribution >= 0.6 is 11.6 Å². The van der Waals surface area contributed by atoms with Crippen LogP contribution in [0.15, 0.2) is 48.5 Å². The van der Waals surface area contributed by atoms with Gasteiger partial charge < -0.3 is 25.6 Å². The van der Waals surface area contributed by atoms with Crippen LogP contribution < -0.4 is 16.0 Å². The average molecular weight is 457 g/mol. The number of ether oxygens (including phenoxy) is 1. The summed E-state index contributed by atoms with van der Waals surface area (Å²) >= 11 is 6.10. The third-order valence-electron chi connectivity index (χ3n) is 5.75. The van der Waals surface area contributed by atoms with E-state index in [4.69, 9.17) is 16.3 Å². The van der Waals surface area contributed by atoms with E-state index in [2.05, 4.69) is 16.0 Å². The predicted octanol–water partition coefficient (Wildman–Crippen LogP) is 2.45. The fraction of sp³-hybridized carbons (Fsp3) is 0.348. The zero-order chi connectivity index (χ0) is 22.7. The van der Waals surface area contributed by atoms with E-state index < -0.39 is 18.1 Å². The molecule has 9 heteroatoms. The molecular formula is C23H25ClN4O4. The molecule has 2 aromatic rings. The minimum Gasteiger partial charge on any atom is -0.374 e. The summed E-state index contributed by atoms with van der Waals surface area (Å²) in [4.78, 5) is 39.4. The SMILES string of the molecule is Cc1c(Cl)cccc1NC(=O)N[C@H]1C[C@H]2C(=O)N[C@@H](COCc3ccccc3)C(=O)N2C1. The van der Waals surface area contributed by atoms with Crippen molar-refractivity contribution < 1.29 is 19.1 Å². The number of carbonyl (C=O) groups is 3. The van der Waals surface area contributed by atoms with Crippen LogP contribution in [-0.4, -0.2) is 54.0 Å². The molecule has 2 aromatic carbocycles. The number of fused-ring (bicyclic) bond motifs is 1. The highest BCUT2D eigenvalue weighted by Gasteiger charge is 2.46. The van der Waals surface area contributed by atoms with E-state index in [1.165, 1.54) is 4.90 Å². The predicted molar refractivity (Wildman–Crippen MR) is 120 cm³/mol. The average Bonchev–Trinajstić information content (AvgIpc) is 3.20. The second kappa shape index (κ2) is 9.58. The molecule has 2 fully saturated rings. The summed E-state index contributed by atoms with van der Waals surface area (Å²) in [7, 11) is 0. The lowest BCUT2D eigenvalue weighted by atomic mass is 10.1.